The molecule has 0 amide bonds. The van der Waals surface area contributed by atoms with E-state index in [1.165, 1.54) is 12.8 Å². The van der Waals surface area contributed by atoms with Gasteiger partial charge in [0.2, 0.25) is 5.82 Å². The molecule has 100 valence electrons. The SMILES string of the molecule is CCCCCC(C)Nc1nccc(C)c1[N+](=O)[O-]. The number of unbranched alkanes of at least 4 members (excludes halogenated alkanes) is 2. The second-order valence-corrected chi connectivity index (χ2v) is 4.62. The smallest absolute Gasteiger partial charge is 0.314 e. The van der Waals surface area contributed by atoms with E-state index in [4.69, 9.17) is 0 Å². The Morgan fingerprint density at radius 2 is 2.22 bits per heavy atom. The molecule has 0 aliphatic carbocycles. The highest BCUT2D eigenvalue weighted by atomic mass is 16.6. The van der Waals surface area contributed by atoms with Crippen LogP contribution >= 0.6 is 0 Å². The van der Waals surface area contributed by atoms with Gasteiger partial charge in [-0.15, -0.1) is 0 Å². The Kier molecular flexibility index (Phi) is 5.55. The van der Waals surface area contributed by atoms with Crippen LogP contribution in [0.4, 0.5) is 11.5 Å². The first-order valence-electron chi connectivity index (χ1n) is 6.42. The van der Waals surface area contributed by atoms with Gasteiger partial charge >= 0.3 is 5.69 Å². The van der Waals surface area contributed by atoms with Crippen molar-refractivity contribution in [2.24, 2.45) is 0 Å². The Balaban J connectivity index is 2.72. The van der Waals surface area contributed by atoms with Crippen LogP contribution in [0.1, 0.15) is 45.1 Å². The largest absolute Gasteiger partial charge is 0.362 e. The van der Waals surface area contributed by atoms with Gasteiger partial charge in [0.1, 0.15) is 0 Å². The molecule has 0 saturated heterocycles. The number of pyridine rings is 1. The Hall–Kier alpha value is -1.65. The summed E-state index contributed by atoms with van der Waals surface area (Å²) in [7, 11) is 0. The number of anilines is 1. The topological polar surface area (TPSA) is 68.1 Å². The van der Waals surface area contributed by atoms with Gasteiger partial charge in [0, 0.05) is 17.8 Å². The molecule has 1 aromatic rings. The van der Waals surface area contributed by atoms with E-state index >= 15 is 0 Å². The van der Waals surface area contributed by atoms with Crippen LogP contribution in [0.15, 0.2) is 12.3 Å². The minimum Gasteiger partial charge on any atom is -0.362 e. The van der Waals surface area contributed by atoms with Crippen molar-refractivity contribution in [3.05, 3.63) is 27.9 Å². The highest BCUT2D eigenvalue weighted by molar-refractivity contribution is 5.60. The quantitative estimate of drug-likeness (QED) is 0.456. The van der Waals surface area contributed by atoms with Crippen molar-refractivity contribution < 1.29 is 4.92 Å². The van der Waals surface area contributed by atoms with E-state index in [1.54, 1.807) is 19.2 Å². The van der Waals surface area contributed by atoms with Crippen LogP contribution in [0.5, 0.6) is 0 Å². The minimum atomic E-state index is -0.372. The Labute approximate surface area is 108 Å². The van der Waals surface area contributed by atoms with Crippen molar-refractivity contribution in [2.75, 3.05) is 5.32 Å². The van der Waals surface area contributed by atoms with Crippen molar-refractivity contribution in [1.82, 2.24) is 4.98 Å². The average Bonchev–Trinajstić information content (AvgIpc) is 2.28. The number of nitrogens with zero attached hydrogens (tertiary/aromatic N) is 2. The van der Waals surface area contributed by atoms with E-state index < -0.39 is 0 Å². The van der Waals surface area contributed by atoms with Gasteiger partial charge in [0.05, 0.1) is 4.92 Å². The number of nitrogens with one attached hydrogen (secondary N) is 1. The van der Waals surface area contributed by atoms with Crippen molar-refractivity contribution in [2.45, 2.75) is 52.5 Å². The summed E-state index contributed by atoms with van der Waals surface area (Å²) < 4.78 is 0. The van der Waals surface area contributed by atoms with Gasteiger partial charge in [-0.05, 0) is 26.3 Å². The van der Waals surface area contributed by atoms with Gasteiger partial charge in [-0.1, -0.05) is 26.2 Å². The number of hydrogen-bond donors (Lipinski definition) is 1. The zero-order valence-electron chi connectivity index (χ0n) is 11.3. The number of hydrogen-bond acceptors (Lipinski definition) is 4. The van der Waals surface area contributed by atoms with E-state index in [0.717, 1.165) is 12.8 Å². The zero-order chi connectivity index (χ0) is 13.5. The molecule has 0 bridgehead atoms. The lowest BCUT2D eigenvalue weighted by atomic mass is 10.1. The summed E-state index contributed by atoms with van der Waals surface area (Å²) in [6.07, 6.45) is 6.10. The van der Waals surface area contributed by atoms with Crippen molar-refractivity contribution in [1.29, 1.82) is 0 Å². The lowest BCUT2D eigenvalue weighted by Crippen LogP contribution is -2.17. The Bertz CT molecular complexity index is 407. The summed E-state index contributed by atoms with van der Waals surface area (Å²) in [4.78, 5) is 14.7. The van der Waals surface area contributed by atoms with E-state index in [2.05, 4.69) is 17.2 Å². The summed E-state index contributed by atoms with van der Waals surface area (Å²) in [6, 6.07) is 1.86. The fraction of sp³-hybridized carbons (Fsp3) is 0.615. The van der Waals surface area contributed by atoms with E-state index in [9.17, 15) is 10.1 Å². The molecule has 5 nitrogen and oxygen atoms in total. The summed E-state index contributed by atoms with van der Waals surface area (Å²) in [5.41, 5.74) is 0.720. The average molecular weight is 251 g/mol. The summed E-state index contributed by atoms with van der Waals surface area (Å²) in [6.45, 7) is 5.92. The maximum Gasteiger partial charge on any atom is 0.314 e. The third-order valence-corrected chi connectivity index (χ3v) is 2.93. The Morgan fingerprint density at radius 3 is 2.83 bits per heavy atom. The summed E-state index contributed by atoms with van der Waals surface area (Å²) >= 11 is 0. The molecule has 5 heteroatoms. The molecule has 1 N–H and O–H groups in total. The predicted molar refractivity (Wildman–Crippen MR) is 72.9 cm³/mol. The van der Waals surface area contributed by atoms with E-state index in [0.29, 0.717) is 11.4 Å². The second kappa shape index (κ2) is 6.93. The molecule has 1 rings (SSSR count). The fourth-order valence-corrected chi connectivity index (χ4v) is 1.89. The maximum absolute atomic E-state index is 11.0. The molecule has 0 fully saturated rings. The normalized spacial score (nSPS) is 12.2. The van der Waals surface area contributed by atoms with Crippen LogP contribution in [0.25, 0.3) is 0 Å². The number of rotatable bonds is 7. The van der Waals surface area contributed by atoms with Gasteiger partial charge in [-0.3, -0.25) is 10.1 Å². The van der Waals surface area contributed by atoms with Crippen LogP contribution in [0.3, 0.4) is 0 Å². The number of nitro groups is 1. The lowest BCUT2D eigenvalue weighted by Gasteiger charge is -2.14. The molecule has 0 aromatic carbocycles. The molecule has 1 aromatic heterocycles. The molecule has 1 unspecified atom stereocenters. The van der Waals surface area contributed by atoms with Crippen LogP contribution in [-0.2, 0) is 0 Å². The Morgan fingerprint density at radius 1 is 1.50 bits per heavy atom. The van der Waals surface area contributed by atoms with Crippen LogP contribution in [0.2, 0.25) is 0 Å². The molecule has 0 aliphatic rings. The minimum absolute atomic E-state index is 0.0832. The highest BCUT2D eigenvalue weighted by Gasteiger charge is 2.19. The molecule has 0 radical (unpaired) electrons. The molecule has 0 saturated carbocycles. The molecule has 1 atom stereocenters. The molecule has 0 aliphatic heterocycles. The number of aryl methyl sites for hydroxylation is 1. The maximum atomic E-state index is 11.0. The monoisotopic (exact) mass is 251 g/mol. The number of aromatic nitrogens is 1. The summed E-state index contributed by atoms with van der Waals surface area (Å²) in [5, 5.41) is 14.1. The standard InChI is InChI=1S/C13H21N3O2/c1-4-5-6-7-11(3)15-13-12(16(17)18)10(2)8-9-14-13/h8-9,11H,4-7H2,1-3H3,(H,14,15). The lowest BCUT2D eigenvalue weighted by molar-refractivity contribution is -0.384. The van der Waals surface area contributed by atoms with Gasteiger partial charge in [-0.25, -0.2) is 4.98 Å². The summed E-state index contributed by atoms with van der Waals surface area (Å²) in [5.74, 6) is 0.379. The predicted octanol–water partition coefficient (Wildman–Crippen LogP) is 3.68. The van der Waals surface area contributed by atoms with Crippen molar-refractivity contribution in [3.63, 3.8) is 0 Å². The van der Waals surface area contributed by atoms with Gasteiger partial charge in [0.15, 0.2) is 0 Å². The zero-order valence-corrected chi connectivity index (χ0v) is 11.3. The first kappa shape index (κ1) is 14.4. The molecular formula is C13H21N3O2. The molecular weight excluding hydrogens is 230 g/mol. The highest BCUT2D eigenvalue weighted by Crippen LogP contribution is 2.26. The first-order valence-corrected chi connectivity index (χ1v) is 6.42. The first-order chi connectivity index (χ1) is 8.56. The molecule has 18 heavy (non-hydrogen) atoms. The third kappa shape index (κ3) is 3.98. The van der Waals surface area contributed by atoms with Crippen LogP contribution in [0, 0.1) is 17.0 Å². The van der Waals surface area contributed by atoms with Gasteiger partial charge < -0.3 is 5.32 Å². The van der Waals surface area contributed by atoms with Gasteiger partial charge in [-0.2, -0.15) is 0 Å². The van der Waals surface area contributed by atoms with Crippen molar-refractivity contribution in [3.8, 4) is 0 Å². The molecule has 1 heterocycles. The van der Waals surface area contributed by atoms with E-state index in [-0.39, 0.29) is 16.7 Å². The third-order valence-electron chi connectivity index (χ3n) is 2.93. The second-order valence-electron chi connectivity index (χ2n) is 4.62. The van der Waals surface area contributed by atoms with E-state index in [1.807, 2.05) is 6.92 Å². The fourth-order valence-electron chi connectivity index (χ4n) is 1.89. The van der Waals surface area contributed by atoms with Gasteiger partial charge in [0.25, 0.3) is 0 Å². The van der Waals surface area contributed by atoms with Crippen molar-refractivity contribution >= 4 is 11.5 Å². The molecule has 0 spiro atoms. The van der Waals surface area contributed by atoms with Crippen LogP contribution < -0.4 is 5.32 Å². The van der Waals surface area contributed by atoms with Crippen LogP contribution in [-0.4, -0.2) is 15.9 Å².